The molecule has 2 aromatic carbocycles. The summed E-state index contributed by atoms with van der Waals surface area (Å²) in [6.07, 6.45) is 1.81. The molecule has 0 saturated carbocycles. The average Bonchev–Trinajstić information content (AvgIpc) is 2.52. The van der Waals surface area contributed by atoms with Crippen LogP contribution in [0.2, 0.25) is 0 Å². The third kappa shape index (κ3) is 2.92. The van der Waals surface area contributed by atoms with Crippen LogP contribution < -0.4 is 11.4 Å². The van der Waals surface area contributed by atoms with Crippen molar-refractivity contribution in [3.63, 3.8) is 0 Å². The van der Waals surface area contributed by atoms with Crippen molar-refractivity contribution in [3.8, 4) is 0 Å². The number of hydrogen-bond acceptors (Lipinski definition) is 3. The van der Waals surface area contributed by atoms with Crippen molar-refractivity contribution in [2.75, 3.05) is 0 Å². The van der Waals surface area contributed by atoms with Crippen molar-refractivity contribution in [2.24, 2.45) is 10.7 Å². The van der Waals surface area contributed by atoms with E-state index in [0.717, 1.165) is 21.9 Å². The predicted molar refractivity (Wildman–Crippen MR) is 94.1 cm³/mol. The van der Waals surface area contributed by atoms with Crippen LogP contribution in [0.3, 0.4) is 0 Å². The number of rotatable bonds is 3. The summed E-state index contributed by atoms with van der Waals surface area (Å²) in [5.74, 6) is 0.845. The molecule has 3 rings (SSSR count). The highest BCUT2D eigenvalue weighted by molar-refractivity contribution is 6.11. The molecule has 4 nitrogen and oxygen atoms in total. The van der Waals surface area contributed by atoms with Crippen LogP contribution in [0.4, 0.5) is 5.69 Å². The lowest BCUT2D eigenvalue weighted by atomic mass is 9.99. The van der Waals surface area contributed by atoms with Crippen molar-refractivity contribution in [1.82, 2.24) is 0 Å². The summed E-state index contributed by atoms with van der Waals surface area (Å²) < 4.78 is 4.93. The molecule has 0 atom stereocenters. The summed E-state index contributed by atoms with van der Waals surface area (Å²) in [5.41, 5.74) is 8.07. The van der Waals surface area contributed by atoms with E-state index in [0.29, 0.717) is 17.3 Å². The maximum Gasteiger partial charge on any atom is 0.338 e. The third-order valence-electron chi connectivity index (χ3n) is 3.58. The number of benzene rings is 2. The first-order chi connectivity index (χ1) is 11.1. The lowest BCUT2D eigenvalue weighted by Crippen LogP contribution is -2.13. The summed E-state index contributed by atoms with van der Waals surface area (Å²) >= 11 is 0. The van der Waals surface area contributed by atoms with Crippen molar-refractivity contribution < 1.29 is 4.42 Å². The number of aliphatic imine (C=N–C) groups is 1. The summed E-state index contributed by atoms with van der Waals surface area (Å²) in [5, 5.41) is 2.05. The van der Waals surface area contributed by atoms with Crippen molar-refractivity contribution in [3.05, 3.63) is 82.4 Å². The van der Waals surface area contributed by atoms with Gasteiger partial charge in [0.25, 0.3) is 0 Å². The predicted octanol–water partition coefficient (Wildman–Crippen LogP) is 3.78. The van der Waals surface area contributed by atoms with Gasteiger partial charge >= 0.3 is 5.63 Å². The van der Waals surface area contributed by atoms with E-state index in [1.807, 2.05) is 42.5 Å². The van der Waals surface area contributed by atoms with E-state index in [9.17, 15) is 4.79 Å². The lowest BCUT2D eigenvalue weighted by molar-refractivity contribution is 0.481. The van der Waals surface area contributed by atoms with Crippen LogP contribution in [0.15, 0.2) is 69.3 Å². The maximum atomic E-state index is 11.4. The van der Waals surface area contributed by atoms with Gasteiger partial charge in [0, 0.05) is 17.7 Å². The Hall–Kier alpha value is -3.14. The molecule has 0 bridgehead atoms. The third-order valence-corrected chi connectivity index (χ3v) is 3.58. The van der Waals surface area contributed by atoms with Gasteiger partial charge in [0.15, 0.2) is 0 Å². The van der Waals surface area contributed by atoms with E-state index < -0.39 is 5.63 Å². The van der Waals surface area contributed by atoms with Gasteiger partial charge in [-0.3, -0.25) is 0 Å². The van der Waals surface area contributed by atoms with Crippen molar-refractivity contribution >= 4 is 28.4 Å². The second-order valence-corrected chi connectivity index (χ2v) is 5.19. The topological polar surface area (TPSA) is 68.6 Å². The average molecular weight is 304 g/mol. The first-order valence-electron chi connectivity index (χ1n) is 7.19. The Morgan fingerprint density at radius 1 is 1.17 bits per heavy atom. The zero-order valence-electron chi connectivity index (χ0n) is 12.7. The Morgan fingerprint density at radius 3 is 2.65 bits per heavy atom. The molecule has 4 heteroatoms. The fraction of sp³-hybridized carbons (Fsp3) is 0.0526. The first kappa shape index (κ1) is 14.8. The second-order valence-electron chi connectivity index (χ2n) is 5.19. The molecule has 0 unspecified atom stereocenters. The van der Waals surface area contributed by atoms with E-state index in [1.165, 1.54) is 6.07 Å². The molecule has 0 amide bonds. The van der Waals surface area contributed by atoms with Gasteiger partial charge in [-0.25, -0.2) is 9.79 Å². The Morgan fingerprint density at radius 2 is 1.91 bits per heavy atom. The molecule has 0 radical (unpaired) electrons. The molecule has 0 aliphatic heterocycles. The quantitative estimate of drug-likeness (QED) is 0.591. The minimum Gasteiger partial charge on any atom is -0.428 e. The normalized spacial score (nSPS) is 11.6. The molecule has 0 aliphatic carbocycles. The van der Waals surface area contributed by atoms with Crippen LogP contribution >= 0.6 is 0 Å². The van der Waals surface area contributed by atoms with Crippen LogP contribution in [-0.4, -0.2) is 5.84 Å². The molecule has 0 saturated heterocycles. The van der Waals surface area contributed by atoms with Gasteiger partial charge < -0.3 is 10.2 Å². The Balaban J connectivity index is 2.18. The van der Waals surface area contributed by atoms with Gasteiger partial charge in [0.2, 0.25) is 0 Å². The highest BCUT2D eigenvalue weighted by Gasteiger charge is 2.07. The van der Waals surface area contributed by atoms with E-state index in [-0.39, 0.29) is 0 Å². The zero-order valence-corrected chi connectivity index (χ0v) is 12.7. The molecule has 2 N–H and O–H groups in total. The molecule has 23 heavy (non-hydrogen) atoms. The number of nitrogens with zero attached hydrogens (tertiary/aromatic N) is 1. The van der Waals surface area contributed by atoms with Gasteiger partial charge in [0.1, 0.15) is 11.6 Å². The highest BCUT2D eigenvalue weighted by atomic mass is 16.4. The van der Waals surface area contributed by atoms with E-state index in [4.69, 9.17) is 10.2 Å². The van der Waals surface area contributed by atoms with Crippen LogP contribution in [-0.2, 0) is 0 Å². The molecule has 0 spiro atoms. The minimum absolute atomic E-state index is 0.349. The van der Waals surface area contributed by atoms with Gasteiger partial charge in [-0.05, 0) is 23.3 Å². The summed E-state index contributed by atoms with van der Waals surface area (Å²) in [6, 6.07) is 14.8. The van der Waals surface area contributed by atoms with E-state index >= 15 is 0 Å². The molecule has 0 fully saturated rings. The number of nitrogens with two attached hydrogens (primary N) is 1. The Bertz CT molecular complexity index is 984. The summed E-state index contributed by atoms with van der Waals surface area (Å²) in [6.45, 7) is 5.54. The standard InChI is InChI=1S/C19H16N2O2/c1-3-13-6-4-8-16-15(13)7-5-9-17(16)19(20)21-14-10-12(2)23-18(22)11-14/h3-11H,1H2,2H3,(H2,20,21). The van der Waals surface area contributed by atoms with Crippen LogP contribution in [0.1, 0.15) is 16.9 Å². The number of fused-ring (bicyclic) bond motifs is 1. The molecule has 3 aromatic rings. The van der Waals surface area contributed by atoms with Gasteiger partial charge in [-0.1, -0.05) is 49.1 Å². The largest absolute Gasteiger partial charge is 0.428 e. The fourth-order valence-electron chi connectivity index (χ4n) is 2.59. The summed E-state index contributed by atoms with van der Waals surface area (Å²) in [7, 11) is 0. The van der Waals surface area contributed by atoms with Crippen LogP contribution in [0.5, 0.6) is 0 Å². The van der Waals surface area contributed by atoms with E-state index in [2.05, 4.69) is 11.6 Å². The monoisotopic (exact) mass is 304 g/mol. The second kappa shape index (κ2) is 5.93. The SMILES string of the molecule is C=Cc1cccc2c(C(N)=Nc3cc(C)oc(=O)c3)cccc12. The van der Waals surface area contributed by atoms with Crippen molar-refractivity contribution in [2.45, 2.75) is 6.92 Å². The van der Waals surface area contributed by atoms with Crippen molar-refractivity contribution in [1.29, 1.82) is 0 Å². The van der Waals surface area contributed by atoms with Crippen LogP contribution in [0, 0.1) is 6.92 Å². The van der Waals surface area contributed by atoms with Gasteiger partial charge in [-0.15, -0.1) is 0 Å². The summed E-state index contributed by atoms with van der Waals surface area (Å²) in [4.78, 5) is 15.8. The number of hydrogen-bond donors (Lipinski definition) is 1. The molecule has 1 aromatic heterocycles. The Labute approximate surface area is 133 Å². The lowest BCUT2D eigenvalue weighted by Gasteiger charge is -2.08. The molecule has 0 aliphatic rings. The van der Waals surface area contributed by atoms with E-state index in [1.54, 1.807) is 13.0 Å². The number of aryl methyl sites for hydroxylation is 1. The number of amidine groups is 1. The molecule has 114 valence electrons. The zero-order chi connectivity index (χ0) is 16.4. The fourth-order valence-corrected chi connectivity index (χ4v) is 2.59. The minimum atomic E-state index is -0.441. The van der Waals surface area contributed by atoms with Gasteiger partial charge in [0.05, 0.1) is 5.69 Å². The van der Waals surface area contributed by atoms with Crippen LogP contribution in [0.25, 0.3) is 16.8 Å². The smallest absolute Gasteiger partial charge is 0.338 e. The van der Waals surface area contributed by atoms with Gasteiger partial charge in [-0.2, -0.15) is 0 Å². The molecule has 1 heterocycles. The Kier molecular flexibility index (Phi) is 3.81. The molecular formula is C19H16N2O2. The molecular weight excluding hydrogens is 288 g/mol. The highest BCUT2D eigenvalue weighted by Crippen LogP contribution is 2.24. The first-order valence-corrected chi connectivity index (χ1v) is 7.19. The maximum absolute atomic E-state index is 11.4.